The molecule has 0 saturated heterocycles. The molecule has 0 spiro atoms. The van der Waals surface area contributed by atoms with E-state index in [1.54, 1.807) is 12.1 Å². The van der Waals surface area contributed by atoms with Gasteiger partial charge in [0.1, 0.15) is 5.75 Å². The molecule has 1 aliphatic carbocycles. The zero-order chi connectivity index (χ0) is 14.8. The van der Waals surface area contributed by atoms with Crippen LogP contribution in [0.4, 0.5) is 0 Å². The number of carbonyl (C=O) groups is 2. The molecular weight excluding hydrogens is 268 g/mol. The van der Waals surface area contributed by atoms with Crippen LogP contribution < -0.4 is 4.74 Å². The van der Waals surface area contributed by atoms with Gasteiger partial charge in [-0.3, -0.25) is 4.79 Å². The summed E-state index contributed by atoms with van der Waals surface area (Å²) in [5.74, 6) is 0.590. The SMILES string of the molecule is COC(=O)c1ccc2c(c1)C(=O)/C(=C/C1CC=CCC1)O2. The van der Waals surface area contributed by atoms with E-state index >= 15 is 0 Å². The second-order valence-corrected chi connectivity index (χ2v) is 5.21. The average Bonchev–Trinajstić information content (AvgIpc) is 2.83. The van der Waals surface area contributed by atoms with Gasteiger partial charge in [-0.15, -0.1) is 0 Å². The van der Waals surface area contributed by atoms with Gasteiger partial charge in [-0.1, -0.05) is 12.2 Å². The van der Waals surface area contributed by atoms with Gasteiger partial charge in [-0.05, 0) is 49.5 Å². The number of ether oxygens (including phenoxy) is 2. The largest absolute Gasteiger partial charge is 0.465 e. The number of esters is 1. The molecule has 0 saturated carbocycles. The van der Waals surface area contributed by atoms with Gasteiger partial charge in [0.25, 0.3) is 0 Å². The molecule has 1 heterocycles. The first-order valence-corrected chi connectivity index (χ1v) is 7.01. The third kappa shape index (κ3) is 2.61. The Kier molecular flexibility index (Phi) is 3.60. The quantitative estimate of drug-likeness (QED) is 0.475. The molecule has 0 aromatic heterocycles. The Bertz CT molecular complexity index is 655. The third-order valence-electron chi connectivity index (χ3n) is 3.79. The van der Waals surface area contributed by atoms with Crippen molar-refractivity contribution in [1.29, 1.82) is 0 Å². The summed E-state index contributed by atoms with van der Waals surface area (Å²) in [7, 11) is 1.32. The first kappa shape index (κ1) is 13.6. The molecule has 0 bridgehead atoms. The fraction of sp³-hybridized carbons (Fsp3) is 0.294. The topological polar surface area (TPSA) is 52.6 Å². The summed E-state index contributed by atoms with van der Waals surface area (Å²) in [5, 5.41) is 0. The number of fused-ring (bicyclic) bond motifs is 1. The highest BCUT2D eigenvalue weighted by Crippen LogP contribution is 2.33. The monoisotopic (exact) mass is 284 g/mol. The van der Waals surface area contributed by atoms with E-state index in [1.807, 2.05) is 6.08 Å². The third-order valence-corrected chi connectivity index (χ3v) is 3.79. The Morgan fingerprint density at radius 1 is 1.38 bits per heavy atom. The maximum atomic E-state index is 12.4. The maximum Gasteiger partial charge on any atom is 0.337 e. The van der Waals surface area contributed by atoms with Crippen molar-refractivity contribution < 1.29 is 19.1 Å². The molecule has 1 atom stereocenters. The second kappa shape index (κ2) is 5.56. The predicted molar refractivity (Wildman–Crippen MR) is 77.3 cm³/mol. The van der Waals surface area contributed by atoms with E-state index in [9.17, 15) is 9.59 Å². The molecule has 0 radical (unpaired) electrons. The molecule has 0 fully saturated rings. The van der Waals surface area contributed by atoms with E-state index in [2.05, 4.69) is 16.9 Å². The number of ketones is 1. The van der Waals surface area contributed by atoms with Crippen LogP contribution in [-0.4, -0.2) is 18.9 Å². The lowest BCUT2D eigenvalue weighted by atomic mass is 9.93. The van der Waals surface area contributed by atoms with Gasteiger partial charge in [0.15, 0.2) is 5.76 Å². The number of rotatable bonds is 2. The highest BCUT2D eigenvalue weighted by Gasteiger charge is 2.29. The summed E-state index contributed by atoms with van der Waals surface area (Å²) >= 11 is 0. The summed E-state index contributed by atoms with van der Waals surface area (Å²) in [4.78, 5) is 23.9. The summed E-state index contributed by atoms with van der Waals surface area (Å²) in [6.07, 6.45) is 9.19. The van der Waals surface area contributed by atoms with Crippen LogP contribution in [0, 0.1) is 5.92 Å². The van der Waals surface area contributed by atoms with Crippen molar-refractivity contribution >= 4 is 11.8 Å². The van der Waals surface area contributed by atoms with Crippen LogP contribution in [0.1, 0.15) is 40.0 Å². The molecule has 108 valence electrons. The van der Waals surface area contributed by atoms with Crippen molar-refractivity contribution in [2.75, 3.05) is 7.11 Å². The molecule has 2 aliphatic rings. The van der Waals surface area contributed by atoms with Crippen LogP contribution in [0.5, 0.6) is 5.75 Å². The molecule has 1 aromatic carbocycles. The summed E-state index contributed by atoms with van der Waals surface area (Å²) in [5.41, 5.74) is 0.783. The standard InChI is InChI=1S/C17H16O4/c1-20-17(19)12-7-8-14-13(10-12)16(18)15(21-14)9-11-5-3-2-4-6-11/h2-3,7-11H,4-6H2,1H3/b15-9-. The summed E-state index contributed by atoms with van der Waals surface area (Å²) < 4.78 is 10.3. The van der Waals surface area contributed by atoms with Crippen LogP contribution >= 0.6 is 0 Å². The number of hydrogen-bond donors (Lipinski definition) is 0. The van der Waals surface area contributed by atoms with E-state index in [-0.39, 0.29) is 5.78 Å². The maximum absolute atomic E-state index is 12.4. The van der Waals surface area contributed by atoms with E-state index < -0.39 is 5.97 Å². The van der Waals surface area contributed by atoms with Crippen molar-refractivity contribution in [1.82, 2.24) is 0 Å². The number of benzene rings is 1. The highest BCUT2D eigenvalue weighted by atomic mass is 16.5. The average molecular weight is 284 g/mol. The number of hydrogen-bond acceptors (Lipinski definition) is 4. The molecule has 1 aromatic rings. The number of carbonyl (C=O) groups excluding carboxylic acids is 2. The second-order valence-electron chi connectivity index (χ2n) is 5.21. The zero-order valence-electron chi connectivity index (χ0n) is 11.8. The summed E-state index contributed by atoms with van der Waals surface area (Å²) in [6.45, 7) is 0. The highest BCUT2D eigenvalue weighted by molar-refractivity contribution is 6.13. The van der Waals surface area contributed by atoms with Crippen molar-refractivity contribution in [2.45, 2.75) is 19.3 Å². The summed E-state index contributed by atoms with van der Waals surface area (Å²) in [6, 6.07) is 4.77. The van der Waals surface area contributed by atoms with Gasteiger partial charge in [0, 0.05) is 0 Å². The van der Waals surface area contributed by atoms with Gasteiger partial charge in [-0.25, -0.2) is 4.79 Å². The van der Waals surface area contributed by atoms with Crippen LogP contribution in [0.15, 0.2) is 42.2 Å². The van der Waals surface area contributed by atoms with E-state index in [1.165, 1.54) is 13.2 Å². The van der Waals surface area contributed by atoms with Gasteiger partial charge in [0.05, 0.1) is 18.2 Å². The first-order valence-electron chi connectivity index (χ1n) is 7.01. The Labute approximate surface area is 123 Å². The van der Waals surface area contributed by atoms with Gasteiger partial charge in [0.2, 0.25) is 5.78 Å². The van der Waals surface area contributed by atoms with E-state index in [0.717, 1.165) is 19.3 Å². The lowest BCUT2D eigenvalue weighted by molar-refractivity contribution is 0.0600. The Hall–Kier alpha value is -2.36. The lowest BCUT2D eigenvalue weighted by Crippen LogP contribution is -2.06. The number of allylic oxidation sites excluding steroid dienone is 4. The molecule has 3 rings (SSSR count). The minimum absolute atomic E-state index is 0.162. The van der Waals surface area contributed by atoms with Crippen molar-refractivity contribution in [2.24, 2.45) is 5.92 Å². The van der Waals surface area contributed by atoms with Gasteiger partial charge >= 0.3 is 5.97 Å². The smallest absolute Gasteiger partial charge is 0.337 e. The number of Topliss-reactive ketones (excluding diaryl/α,β-unsaturated/α-hetero) is 1. The van der Waals surface area contributed by atoms with Crippen LogP contribution in [0.25, 0.3) is 0 Å². The molecule has 21 heavy (non-hydrogen) atoms. The van der Waals surface area contributed by atoms with Gasteiger partial charge in [-0.2, -0.15) is 0 Å². The minimum Gasteiger partial charge on any atom is -0.465 e. The van der Waals surface area contributed by atoms with Crippen molar-refractivity contribution in [3.8, 4) is 5.75 Å². The fourth-order valence-corrected chi connectivity index (χ4v) is 2.63. The molecular formula is C17H16O4. The molecule has 0 amide bonds. The van der Waals surface area contributed by atoms with E-state index in [0.29, 0.717) is 28.6 Å². The Morgan fingerprint density at radius 3 is 2.95 bits per heavy atom. The first-order chi connectivity index (χ1) is 10.2. The lowest BCUT2D eigenvalue weighted by Gasteiger charge is -2.13. The molecule has 1 unspecified atom stereocenters. The van der Waals surface area contributed by atoms with Crippen molar-refractivity contribution in [3.63, 3.8) is 0 Å². The van der Waals surface area contributed by atoms with Crippen LogP contribution in [0.2, 0.25) is 0 Å². The van der Waals surface area contributed by atoms with E-state index in [4.69, 9.17) is 4.74 Å². The minimum atomic E-state index is -0.458. The predicted octanol–water partition coefficient (Wildman–Crippen LogP) is 3.29. The number of methoxy groups -OCH3 is 1. The molecule has 0 N–H and O–H groups in total. The van der Waals surface area contributed by atoms with Crippen LogP contribution in [-0.2, 0) is 4.74 Å². The zero-order valence-corrected chi connectivity index (χ0v) is 11.8. The Balaban J connectivity index is 1.86. The van der Waals surface area contributed by atoms with Crippen LogP contribution in [0.3, 0.4) is 0 Å². The van der Waals surface area contributed by atoms with Gasteiger partial charge < -0.3 is 9.47 Å². The molecule has 4 nitrogen and oxygen atoms in total. The fourth-order valence-electron chi connectivity index (χ4n) is 2.63. The molecule has 4 heteroatoms. The normalized spacial score (nSPS) is 22.0. The Morgan fingerprint density at radius 2 is 2.24 bits per heavy atom. The van der Waals surface area contributed by atoms with Crippen molar-refractivity contribution in [3.05, 3.63) is 53.3 Å². The molecule has 1 aliphatic heterocycles.